The molecule has 1 aromatic carbocycles. The average molecular weight is 494 g/mol. The van der Waals surface area contributed by atoms with E-state index in [1.165, 1.54) is 0 Å². The van der Waals surface area contributed by atoms with Gasteiger partial charge in [-0.2, -0.15) is 5.10 Å². The van der Waals surface area contributed by atoms with Crippen LogP contribution >= 0.6 is 11.6 Å². The molecule has 0 radical (unpaired) electrons. The molecule has 0 aliphatic carbocycles. The lowest BCUT2D eigenvalue weighted by Crippen LogP contribution is -2.48. The van der Waals surface area contributed by atoms with Crippen LogP contribution in [-0.4, -0.2) is 50.5 Å². The molecule has 0 unspecified atom stereocenters. The summed E-state index contributed by atoms with van der Waals surface area (Å²) in [7, 11) is 1.65. The van der Waals surface area contributed by atoms with Gasteiger partial charge in [0.05, 0.1) is 25.5 Å². The predicted molar refractivity (Wildman–Crippen MR) is 138 cm³/mol. The van der Waals surface area contributed by atoms with Crippen molar-refractivity contribution in [1.82, 2.24) is 24.7 Å². The van der Waals surface area contributed by atoms with Crippen LogP contribution in [0.3, 0.4) is 0 Å². The fourth-order valence-corrected chi connectivity index (χ4v) is 4.27. The molecular weight excluding hydrogens is 466 g/mol. The predicted octanol–water partition coefficient (Wildman–Crippen LogP) is 3.58. The number of rotatable bonds is 6. The molecule has 0 atom stereocenters. The smallest absolute Gasteiger partial charge is 0.181 e. The third-order valence-electron chi connectivity index (χ3n) is 6.32. The van der Waals surface area contributed by atoms with Gasteiger partial charge in [-0.1, -0.05) is 23.7 Å². The topological polar surface area (TPSA) is 133 Å². The molecule has 0 saturated carbocycles. The zero-order valence-electron chi connectivity index (χ0n) is 19.7. The SMILES string of the molecule is COc1ccc(Cn2nc(Nc3ccnc(N)c3Cl)c3ncc(N4CCC(C)(N)CC4)nc32)cc1. The van der Waals surface area contributed by atoms with Crippen LogP contribution in [0.25, 0.3) is 11.2 Å². The largest absolute Gasteiger partial charge is 0.497 e. The summed E-state index contributed by atoms with van der Waals surface area (Å²) >= 11 is 6.36. The van der Waals surface area contributed by atoms with Crippen molar-refractivity contribution in [2.45, 2.75) is 31.8 Å². The van der Waals surface area contributed by atoms with Crippen LogP contribution in [0.2, 0.25) is 5.02 Å². The molecule has 5 N–H and O–H groups in total. The first-order chi connectivity index (χ1) is 16.8. The maximum Gasteiger partial charge on any atom is 0.181 e. The van der Waals surface area contributed by atoms with Gasteiger partial charge in [-0.15, -0.1) is 0 Å². The number of nitrogens with one attached hydrogen (secondary N) is 1. The van der Waals surface area contributed by atoms with E-state index in [0.29, 0.717) is 34.2 Å². The molecule has 1 aliphatic rings. The number of methoxy groups -OCH3 is 1. The van der Waals surface area contributed by atoms with Gasteiger partial charge in [-0.05, 0) is 43.5 Å². The van der Waals surface area contributed by atoms with Gasteiger partial charge in [0.2, 0.25) is 0 Å². The first-order valence-corrected chi connectivity index (χ1v) is 11.8. The maximum absolute atomic E-state index is 6.36. The molecule has 4 heterocycles. The van der Waals surface area contributed by atoms with Crippen LogP contribution in [0.4, 0.5) is 23.1 Å². The Morgan fingerprint density at radius 1 is 1.14 bits per heavy atom. The van der Waals surface area contributed by atoms with Crippen molar-refractivity contribution in [2.75, 3.05) is 36.1 Å². The number of aromatic nitrogens is 5. The molecule has 10 nitrogen and oxygen atoms in total. The minimum absolute atomic E-state index is 0.146. The number of fused-ring (bicyclic) bond motifs is 1. The second-order valence-corrected chi connectivity index (χ2v) is 9.46. The van der Waals surface area contributed by atoms with Crippen LogP contribution in [0.5, 0.6) is 5.75 Å². The first kappa shape index (κ1) is 23.1. The summed E-state index contributed by atoms with van der Waals surface area (Å²) in [5, 5.41) is 8.37. The number of piperidine rings is 1. The molecule has 182 valence electrons. The lowest BCUT2D eigenvalue weighted by Gasteiger charge is -2.37. The summed E-state index contributed by atoms with van der Waals surface area (Å²) in [6, 6.07) is 9.60. The fourth-order valence-electron chi connectivity index (χ4n) is 4.11. The van der Waals surface area contributed by atoms with Crippen LogP contribution in [0.1, 0.15) is 25.3 Å². The summed E-state index contributed by atoms with van der Waals surface area (Å²) in [5.41, 5.74) is 15.0. The van der Waals surface area contributed by atoms with E-state index < -0.39 is 0 Å². The summed E-state index contributed by atoms with van der Waals surface area (Å²) in [4.78, 5) is 15.9. The molecule has 11 heteroatoms. The molecule has 1 aliphatic heterocycles. The summed E-state index contributed by atoms with van der Waals surface area (Å²) < 4.78 is 7.12. The number of hydrogen-bond donors (Lipinski definition) is 3. The molecule has 0 spiro atoms. The van der Waals surface area contributed by atoms with E-state index >= 15 is 0 Å². The van der Waals surface area contributed by atoms with Crippen LogP contribution in [-0.2, 0) is 6.54 Å². The van der Waals surface area contributed by atoms with Crippen molar-refractivity contribution in [3.63, 3.8) is 0 Å². The van der Waals surface area contributed by atoms with Crippen molar-refractivity contribution >= 4 is 45.9 Å². The lowest BCUT2D eigenvalue weighted by molar-refractivity contribution is 0.363. The normalized spacial score (nSPS) is 15.4. The Bertz CT molecular complexity index is 1340. The van der Waals surface area contributed by atoms with Gasteiger partial charge in [0.25, 0.3) is 0 Å². The fraction of sp³-hybridized carbons (Fsp3) is 0.333. The zero-order valence-corrected chi connectivity index (χ0v) is 20.5. The Labute approximate surface area is 208 Å². The van der Waals surface area contributed by atoms with Crippen LogP contribution in [0.15, 0.2) is 42.7 Å². The number of nitrogens with two attached hydrogens (primary N) is 2. The highest BCUT2D eigenvalue weighted by atomic mass is 35.5. The highest BCUT2D eigenvalue weighted by Gasteiger charge is 2.27. The van der Waals surface area contributed by atoms with E-state index in [4.69, 9.17) is 42.9 Å². The van der Waals surface area contributed by atoms with Crippen molar-refractivity contribution in [3.8, 4) is 5.75 Å². The van der Waals surface area contributed by atoms with Gasteiger partial charge in [-0.3, -0.25) is 0 Å². The second kappa shape index (κ2) is 9.20. The summed E-state index contributed by atoms with van der Waals surface area (Å²) in [6.07, 6.45) is 5.17. The second-order valence-electron chi connectivity index (χ2n) is 9.08. The van der Waals surface area contributed by atoms with E-state index in [1.54, 1.807) is 25.6 Å². The maximum atomic E-state index is 6.36. The molecule has 0 bridgehead atoms. The minimum Gasteiger partial charge on any atom is -0.497 e. The first-order valence-electron chi connectivity index (χ1n) is 11.4. The number of nitrogens with zero attached hydrogens (tertiary/aromatic N) is 6. The zero-order chi connectivity index (χ0) is 24.6. The Kier molecular flexibility index (Phi) is 6.08. The van der Waals surface area contributed by atoms with Gasteiger partial charge in [-0.25, -0.2) is 19.6 Å². The highest BCUT2D eigenvalue weighted by molar-refractivity contribution is 6.35. The number of benzene rings is 1. The van der Waals surface area contributed by atoms with Gasteiger partial charge in [0.1, 0.15) is 22.4 Å². The minimum atomic E-state index is -0.146. The molecule has 1 saturated heterocycles. The number of halogens is 1. The van der Waals surface area contributed by atoms with Crippen molar-refractivity contribution < 1.29 is 4.74 Å². The molecule has 4 aromatic rings. The van der Waals surface area contributed by atoms with Crippen LogP contribution < -0.4 is 26.4 Å². The number of pyridine rings is 1. The molecule has 3 aromatic heterocycles. The lowest BCUT2D eigenvalue weighted by atomic mass is 9.91. The van der Waals surface area contributed by atoms with E-state index in [2.05, 4.69) is 22.1 Å². The number of hydrogen-bond acceptors (Lipinski definition) is 9. The number of anilines is 4. The van der Waals surface area contributed by atoms with E-state index in [0.717, 1.165) is 43.1 Å². The van der Waals surface area contributed by atoms with Gasteiger partial charge >= 0.3 is 0 Å². The summed E-state index contributed by atoms with van der Waals surface area (Å²) in [6.45, 7) is 4.26. The third-order valence-corrected chi connectivity index (χ3v) is 6.72. The van der Waals surface area contributed by atoms with Crippen molar-refractivity contribution in [1.29, 1.82) is 0 Å². The Hall–Kier alpha value is -3.63. The monoisotopic (exact) mass is 493 g/mol. The van der Waals surface area contributed by atoms with Gasteiger partial charge in [0.15, 0.2) is 17.0 Å². The number of nitrogen functional groups attached to an aromatic ring is 1. The van der Waals surface area contributed by atoms with Crippen molar-refractivity contribution in [2.24, 2.45) is 5.73 Å². The highest BCUT2D eigenvalue weighted by Crippen LogP contribution is 2.32. The molecule has 5 rings (SSSR count). The molecule has 35 heavy (non-hydrogen) atoms. The average Bonchev–Trinajstić information content (AvgIpc) is 3.18. The van der Waals surface area contributed by atoms with E-state index in [9.17, 15) is 0 Å². The molecule has 0 amide bonds. The van der Waals surface area contributed by atoms with E-state index in [1.807, 2.05) is 28.9 Å². The third kappa shape index (κ3) is 4.80. The van der Waals surface area contributed by atoms with Gasteiger partial charge in [0, 0.05) is 24.8 Å². The quantitative estimate of drug-likeness (QED) is 0.368. The van der Waals surface area contributed by atoms with E-state index in [-0.39, 0.29) is 11.4 Å². The van der Waals surface area contributed by atoms with Gasteiger partial charge < -0.3 is 26.4 Å². The Balaban J connectivity index is 1.53. The Morgan fingerprint density at radius 2 is 1.89 bits per heavy atom. The standard InChI is InChI=1S/C24H28ClN9O/c1-24(27)8-11-33(12-9-24)18-13-29-20-22(30-17-7-10-28-21(26)19(17)25)32-34(23(20)31-18)14-15-3-5-16(35-2)6-4-15/h3-7,10,13H,8-9,11-12,14,27H2,1-2H3,(H3,26,28,30,32). The molecular formula is C24H28ClN9O. The number of ether oxygens (including phenoxy) is 1. The molecule has 1 fully saturated rings. The van der Waals surface area contributed by atoms with Crippen LogP contribution in [0, 0.1) is 0 Å². The summed E-state index contributed by atoms with van der Waals surface area (Å²) in [5.74, 6) is 2.38. The van der Waals surface area contributed by atoms with Crippen molar-refractivity contribution in [3.05, 3.63) is 53.3 Å². The Morgan fingerprint density at radius 3 is 2.60 bits per heavy atom.